The van der Waals surface area contributed by atoms with Crippen LogP contribution in [0.3, 0.4) is 0 Å². The van der Waals surface area contributed by atoms with Gasteiger partial charge in [-0.15, -0.1) is 0 Å². The van der Waals surface area contributed by atoms with Crippen LogP contribution in [0.2, 0.25) is 0 Å². The maximum atomic E-state index is 13.7. The van der Waals surface area contributed by atoms with Gasteiger partial charge in [0.05, 0.1) is 18.8 Å². The number of aliphatic hydroxyl groups is 1. The Hall–Kier alpha value is -2.39. The Morgan fingerprint density at radius 3 is 2.75 bits per heavy atom. The molecule has 0 aliphatic rings. The van der Waals surface area contributed by atoms with E-state index in [2.05, 4.69) is 22.5 Å². The Kier molecular flexibility index (Phi) is 6.20. The molecule has 0 heterocycles. The highest BCUT2D eigenvalue weighted by molar-refractivity contribution is 5.94. The minimum Gasteiger partial charge on any atom is -0.395 e. The summed E-state index contributed by atoms with van der Waals surface area (Å²) >= 11 is 0. The van der Waals surface area contributed by atoms with Gasteiger partial charge in [0.25, 0.3) is 0 Å². The van der Waals surface area contributed by atoms with Gasteiger partial charge in [0.15, 0.2) is 0 Å². The highest BCUT2D eigenvalue weighted by Crippen LogP contribution is 2.15. The van der Waals surface area contributed by atoms with Gasteiger partial charge in [0, 0.05) is 18.9 Å². The average molecular weight is 278 g/mol. The van der Waals surface area contributed by atoms with Crippen molar-refractivity contribution >= 4 is 17.5 Å². The van der Waals surface area contributed by atoms with E-state index in [-0.39, 0.29) is 24.7 Å². The van der Waals surface area contributed by atoms with Crippen LogP contribution < -0.4 is 10.6 Å². The zero-order valence-electron chi connectivity index (χ0n) is 11.0. The second kappa shape index (κ2) is 7.92. The lowest BCUT2D eigenvalue weighted by Gasteiger charge is -2.07. The van der Waals surface area contributed by atoms with Crippen LogP contribution in [0.4, 0.5) is 10.1 Å². The first-order valence-corrected chi connectivity index (χ1v) is 5.96. The molecule has 2 amide bonds. The van der Waals surface area contributed by atoms with Crippen molar-refractivity contribution in [1.29, 1.82) is 0 Å². The first kappa shape index (κ1) is 15.7. The van der Waals surface area contributed by atoms with E-state index in [9.17, 15) is 14.0 Å². The quantitative estimate of drug-likeness (QED) is 0.707. The van der Waals surface area contributed by atoms with Crippen molar-refractivity contribution in [3.8, 4) is 11.8 Å². The maximum Gasteiger partial charge on any atom is 0.243 e. The summed E-state index contributed by atoms with van der Waals surface area (Å²) in [5, 5.41) is 13.2. The van der Waals surface area contributed by atoms with E-state index in [1.165, 1.54) is 19.1 Å². The van der Waals surface area contributed by atoms with Crippen molar-refractivity contribution < 1.29 is 19.1 Å². The van der Waals surface area contributed by atoms with Gasteiger partial charge in [0.2, 0.25) is 11.8 Å². The van der Waals surface area contributed by atoms with Crippen LogP contribution in [0.1, 0.15) is 18.9 Å². The van der Waals surface area contributed by atoms with E-state index in [0.717, 1.165) is 0 Å². The van der Waals surface area contributed by atoms with Gasteiger partial charge in [-0.2, -0.15) is 0 Å². The number of hydrogen-bond acceptors (Lipinski definition) is 3. The lowest BCUT2D eigenvalue weighted by atomic mass is 10.2. The third-order valence-electron chi connectivity index (χ3n) is 2.21. The van der Waals surface area contributed by atoms with Gasteiger partial charge in [-0.1, -0.05) is 11.8 Å². The van der Waals surface area contributed by atoms with Crippen LogP contribution in [0.25, 0.3) is 0 Å². The molecule has 0 aliphatic carbocycles. The Balaban J connectivity index is 2.67. The molecule has 0 aromatic heterocycles. The largest absolute Gasteiger partial charge is 0.395 e. The standard InChI is InChI=1S/C14H15FN2O3/c1-10(19)16-9-14(20)17-13-6-5-11(8-12(13)15)4-2-3-7-18/h5-6,8,18H,3,7,9H2,1H3,(H,16,19)(H,17,20). The number of hydrogen-bond donors (Lipinski definition) is 3. The number of anilines is 1. The summed E-state index contributed by atoms with van der Waals surface area (Å²) in [5.41, 5.74) is 0.476. The molecule has 0 atom stereocenters. The smallest absolute Gasteiger partial charge is 0.243 e. The van der Waals surface area contributed by atoms with Crippen LogP contribution >= 0.6 is 0 Å². The molecule has 1 rings (SSSR count). The molecule has 6 heteroatoms. The van der Waals surface area contributed by atoms with Crippen molar-refractivity contribution in [1.82, 2.24) is 5.32 Å². The Labute approximate surface area is 116 Å². The van der Waals surface area contributed by atoms with Gasteiger partial charge >= 0.3 is 0 Å². The highest BCUT2D eigenvalue weighted by Gasteiger charge is 2.07. The number of halogens is 1. The molecule has 0 unspecified atom stereocenters. The molecule has 3 N–H and O–H groups in total. The molecule has 0 fully saturated rings. The molecule has 0 saturated heterocycles. The molecule has 0 saturated carbocycles. The Morgan fingerprint density at radius 1 is 1.40 bits per heavy atom. The summed E-state index contributed by atoms with van der Waals surface area (Å²) in [7, 11) is 0. The van der Waals surface area contributed by atoms with Crippen molar-refractivity contribution in [2.75, 3.05) is 18.5 Å². The lowest BCUT2D eigenvalue weighted by Crippen LogP contribution is -2.31. The summed E-state index contributed by atoms with van der Waals surface area (Å²) in [5.74, 6) is 3.89. The van der Waals surface area contributed by atoms with Gasteiger partial charge in [-0.25, -0.2) is 4.39 Å². The fourth-order valence-electron chi connectivity index (χ4n) is 1.31. The molecule has 5 nitrogen and oxygen atoms in total. The Morgan fingerprint density at radius 2 is 2.15 bits per heavy atom. The van der Waals surface area contributed by atoms with Crippen molar-refractivity contribution in [3.63, 3.8) is 0 Å². The summed E-state index contributed by atoms with van der Waals surface area (Å²) in [6.45, 7) is 1.02. The average Bonchev–Trinajstić information content (AvgIpc) is 2.40. The number of carbonyl (C=O) groups excluding carboxylic acids is 2. The SMILES string of the molecule is CC(=O)NCC(=O)Nc1ccc(C#CCCO)cc1F. The van der Waals surface area contributed by atoms with Gasteiger partial charge < -0.3 is 15.7 Å². The van der Waals surface area contributed by atoms with E-state index in [1.54, 1.807) is 6.07 Å². The number of aliphatic hydroxyl groups excluding tert-OH is 1. The fourth-order valence-corrected chi connectivity index (χ4v) is 1.31. The third kappa shape index (κ3) is 5.50. The molecule has 1 aromatic rings. The van der Waals surface area contributed by atoms with Crippen LogP contribution in [0.15, 0.2) is 18.2 Å². The summed E-state index contributed by atoms with van der Waals surface area (Å²) in [6.07, 6.45) is 0.316. The van der Waals surface area contributed by atoms with Crippen LogP contribution in [-0.4, -0.2) is 30.1 Å². The van der Waals surface area contributed by atoms with E-state index in [4.69, 9.17) is 5.11 Å². The molecule has 106 valence electrons. The zero-order valence-corrected chi connectivity index (χ0v) is 11.0. The minimum atomic E-state index is -0.614. The molecule has 1 aromatic carbocycles. The van der Waals surface area contributed by atoms with E-state index < -0.39 is 11.7 Å². The van der Waals surface area contributed by atoms with Gasteiger partial charge in [-0.3, -0.25) is 9.59 Å². The zero-order chi connectivity index (χ0) is 15.0. The van der Waals surface area contributed by atoms with Crippen LogP contribution in [0.5, 0.6) is 0 Å². The lowest BCUT2D eigenvalue weighted by molar-refractivity contribution is -0.122. The summed E-state index contributed by atoms with van der Waals surface area (Å²) in [4.78, 5) is 22.1. The third-order valence-corrected chi connectivity index (χ3v) is 2.21. The predicted molar refractivity (Wildman–Crippen MR) is 72.3 cm³/mol. The van der Waals surface area contributed by atoms with Gasteiger partial charge in [0.1, 0.15) is 5.82 Å². The number of amides is 2. The normalized spacial score (nSPS) is 9.35. The molecule has 0 aliphatic heterocycles. The topological polar surface area (TPSA) is 78.4 Å². The summed E-state index contributed by atoms with van der Waals surface area (Å²) < 4.78 is 13.7. The second-order valence-electron chi connectivity index (χ2n) is 3.93. The maximum absolute atomic E-state index is 13.7. The van der Waals surface area contributed by atoms with Gasteiger partial charge in [-0.05, 0) is 18.2 Å². The van der Waals surface area contributed by atoms with Crippen molar-refractivity contribution in [3.05, 3.63) is 29.6 Å². The van der Waals surface area contributed by atoms with Crippen molar-refractivity contribution in [2.24, 2.45) is 0 Å². The molecule has 0 bridgehead atoms. The Bertz CT molecular complexity index is 561. The highest BCUT2D eigenvalue weighted by atomic mass is 19.1. The monoisotopic (exact) mass is 278 g/mol. The molecular formula is C14H15FN2O3. The van der Waals surface area contributed by atoms with E-state index in [1.807, 2.05) is 0 Å². The molecule has 20 heavy (non-hydrogen) atoms. The predicted octanol–water partition coefficient (Wildman–Crippen LogP) is 0.634. The molecule has 0 radical (unpaired) electrons. The minimum absolute atomic E-state index is 0.0214. The first-order valence-electron chi connectivity index (χ1n) is 5.96. The van der Waals surface area contributed by atoms with Crippen LogP contribution in [-0.2, 0) is 9.59 Å². The van der Waals surface area contributed by atoms with E-state index >= 15 is 0 Å². The molecule has 0 spiro atoms. The number of nitrogens with one attached hydrogen (secondary N) is 2. The molecular weight excluding hydrogens is 263 g/mol. The first-order chi connectivity index (χ1) is 9.52. The number of benzene rings is 1. The van der Waals surface area contributed by atoms with E-state index in [0.29, 0.717) is 12.0 Å². The second-order valence-corrected chi connectivity index (χ2v) is 3.93. The number of carbonyl (C=O) groups is 2. The fraction of sp³-hybridized carbons (Fsp3) is 0.286. The van der Waals surface area contributed by atoms with Crippen LogP contribution in [0, 0.1) is 17.7 Å². The summed E-state index contributed by atoms with van der Waals surface area (Å²) in [6, 6.07) is 4.14. The number of rotatable bonds is 4. The van der Waals surface area contributed by atoms with Crippen molar-refractivity contribution in [2.45, 2.75) is 13.3 Å².